The van der Waals surface area contributed by atoms with Crippen LogP contribution in [0.2, 0.25) is 5.02 Å². The normalized spacial score (nSPS) is 20.3. The van der Waals surface area contributed by atoms with Crippen LogP contribution >= 0.6 is 23.4 Å². The van der Waals surface area contributed by atoms with Crippen molar-refractivity contribution in [2.75, 3.05) is 19.8 Å². The smallest absolute Gasteiger partial charge is 0.269 e. The van der Waals surface area contributed by atoms with E-state index in [0.29, 0.717) is 17.4 Å². The Morgan fingerprint density at radius 2 is 1.96 bits per heavy atom. The number of imide groups is 1. The van der Waals surface area contributed by atoms with Gasteiger partial charge in [-0.05, 0) is 29.2 Å². The molecule has 8 heteroatoms. The van der Waals surface area contributed by atoms with Crippen molar-refractivity contribution in [1.82, 2.24) is 9.80 Å². The van der Waals surface area contributed by atoms with Gasteiger partial charge in [0.1, 0.15) is 6.54 Å². The number of urea groups is 1. The first-order chi connectivity index (χ1) is 12.0. The van der Waals surface area contributed by atoms with Crippen LogP contribution in [0.15, 0.2) is 29.3 Å². The van der Waals surface area contributed by atoms with Crippen molar-refractivity contribution in [2.24, 2.45) is 4.99 Å². The zero-order valence-electron chi connectivity index (χ0n) is 14.4. The summed E-state index contributed by atoms with van der Waals surface area (Å²) in [5.41, 5.74) is 0.922. The Hall–Kier alpha value is -1.86. The molecular weight excluding hydrogens is 360 g/mol. The molecule has 0 bridgehead atoms. The van der Waals surface area contributed by atoms with Gasteiger partial charge in [-0.3, -0.25) is 14.6 Å². The molecule has 0 saturated carbocycles. The van der Waals surface area contributed by atoms with E-state index in [1.54, 1.807) is 18.8 Å². The Bertz CT molecular complexity index is 793. The first kappa shape index (κ1) is 17.9. The van der Waals surface area contributed by atoms with E-state index in [0.717, 1.165) is 27.8 Å². The number of halogens is 1. The Kier molecular flexibility index (Phi) is 5.15. The zero-order valence-corrected chi connectivity index (χ0v) is 16.0. The molecule has 3 rings (SSSR count). The number of rotatable bonds is 4. The first-order valence-electron chi connectivity index (χ1n) is 8.09. The molecule has 2 heterocycles. The van der Waals surface area contributed by atoms with Crippen molar-refractivity contribution < 1.29 is 14.2 Å². The summed E-state index contributed by atoms with van der Waals surface area (Å²) in [6.07, 6.45) is 0.992. The summed E-state index contributed by atoms with van der Waals surface area (Å²) in [4.78, 5) is 32.2. The van der Waals surface area contributed by atoms with Crippen LogP contribution in [0.3, 0.4) is 0 Å². The van der Waals surface area contributed by atoms with Gasteiger partial charge in [0.2, 0.25) is 0 Å². The minimum atomic E-state index is -0.594. The van der Waals surface area contributed by atoms with Gasteiger partial charge in [0, 0.05) is 30.4 Å². The number of aliphatic imine (C=N–C) groups is 1. The second-order valence-corrected chi connectivity index (χ2v) is 7.43. The molecule has 1 aromatic carbocycles. The lowest BCUT2D eigenvalue weighted by Crippen LogP contribution is -2.61. The molecule has 3 amide bonds. The Labute approximate surface area is 156 Å². The number of amidine groups is 2. The molecule has 6 nitrogen and oxygen atoms in total. The van der Waals surface area contributed by atoms with Gasteiger partial charge in [-0.2, -0.15) is 0 Å². The number of amides is 3. The summed E-state index contributed by atoms with van der Waals surface area (Å²) in [6, 6.07) is 6.61. The van der Waals surface area contributed by atoms with Crippen molar-refractivity contribution in [3.05, 3.63) is 34.9 Å². The average molecular weight is 380 g/mol. The van der Waals surface area contributed by atoms with Gasteiger partial charge < -0.3 is 0 Å². The maximum atomic E-state index is 12.8. The number of nitrogens with zero attached hydrogens (tertiary/aromatic N) is 4. The summed E-state index contributed by atoms with van der Waals surface area (Å²) in [5.74, 6) is 1.11. The molecule has 0 aliphatic carbocycles. The molecule has 1 fully saturated rings. The third-order valence-electron chi connectivity index (χ3n) is 4.23. The van der Waals surface area contributed by atoms with Crippen LogP contribution in [0.25, 0.3) is 0 Å². The van der Waals surface area contributed by atoms with Crippen LogP contribution < -0.4 is 0 Å². The van der Waals surface area contributed by atoms with Gasteiger partial charge >= 0.3 is 11.2 Å². The molecule has 25 heavy (non-hydrogen) atoms. The summed E-state index contributed by atoms with van der Waals surface area (Å²) < 4.78 is 1.94. The maximum absolute atomic E-state index is 12.8. The van der Waals surface area contributed by atoms with Crippen molar-refractivity contribution >= 4 is 46.3 Å². The predicted molar refractivity (Wildman–Crippen MR) is 100 cm³/mol. The molecule has 0 spiro atoms. The number of benzene rings is 1. The number of likely N-dealkylation sites (N-methyl/N-ethyl adjacent to an activating group) is 2. The molecule has 1 saturated heterocycles. The molecule has 2 aliphatic rings. The number of carbonyl (C=O) groups is 2. The highest BCUT2D eigenvalue weighted by Crippen LogP contribution is 2.26. The van der Waals surface area contributed by atoms with E-state index >= 15 is 0 Å². The van der Waals surface area contributed by atoms with E-state index < -0.39 is 6.04 Å². The van der Waals surface area contributed by atoms with Crippen LogP contribution in [-0.2, 0) is 11.3 Å². The maximum Gasteiger partial charge on any atom is 0.358 e. The van der Waals surface area contributed by atoms with E-state index in [4.69, 9.17) is 11.6 Å². The van der Waals surface area contributed by atoms with Crippen LogP contribution in [0.5, 0.6) is 0 Å². The highest BCUT2D eigenvalue weighted by molar-refractivity contribution is 8.13. The van der Waals surface area contributed by atoms with Gasteiger partial charge in [0.15, 0.2) is 0 Å². The number of fused-ring (bicyclic) bond motifs is 1. The Morgan fingerprint density at radius 1 is 1.24 bits per heavy atom. The number of thioether (sulfide) groups is 1. The zero-order chi connectivity index (χ0) is 18.1. The predicted octanol–water partition coefficient (Wildman–Crippen LogP) is 2.66. The summed E-state index contributed by atoms with van der Waals surface area (Å²) in [5, 5.41) is 1.40. The summed E-state index contributed by atoms with van der Waals surface area (Å²) in [6.45, 7) is 2.56. The summed E-state index contributed by atoms with van der Waals surface area (Å²) >= 11 is 7.90. The average Bonchev–Trinajstić information content (AvgIpc) is 2.96. The van der Waals surface area contributed by atoms with Gasteiger partial charge in [0.25, 0.3) is 17.8 Å². The second-order valence-electron chi connectivity index (χ2n) is 5.96. The highest BCUT2D eigenvalue weighted by Gasteiger charge is 2.53. The lowest BCUT2D eigenvalue weighted by molar-refractivity contribution is -0.548. The van der Waals surface area contributed by atoms with E-state index in [1.807, 2.05) is 28.8 Å². The molecule has 0 radical (unpaired) electrons. The fraction of sp³-hybridized carbons (Fsp3) is 0.412. The second kappa shape index (κ2) is 7.17. The number of hydrogen-bond acceptors (Lipinski definition) is 4. The van der Waals surface area contributed by atoms with Gasteiger partial charge in [-0.1, -0.05) is 36.7 Å². The molecule has 2 aliphatic heterocycles. The molecule has 1 aromatic rings. The molecule has 1 unspecified atom stereocenters. The Morgan fingerprint density at radius 3 is 2.64 bits per heavy atom. The topological polar surface area (TPSA) is 56.0 Å². The van der Waals surface area contributed by atoms with Gasteiger partial charge in [-0.25, -0.2) is 9.37 Å². The van der Waals surface area contributed by atoms with Crippen LogP contribution in [0.4, 0.5) is 4.79 Å². The minimum absolute atomic E-state index is 0.263. The van der Waals surface area contributed by atoms with Gasteiger partial charge in [-0.15, -0.1) is 0 Å². The van der Waals surface area contributed by atoms with Crippen molar-refractivity contribution in [1.29, 1.82) is 0 Å². The molecular formula is C17H20ClN4O2S+. The first-order valence-corrected chi connectivity index (χ1v) is 9.45. The largest absolute Gasteiger partial charge is 0.358 e. The fourth-order valence-corrected chi connectivity index (χ4v) is 3.93. The van der Waals surface area contributed by atoms with E-state index in [1.165, 1.54) is 11.9 Å². The third-order valence-corrected chi connectivity index (χ3v) is 5.79. The highest BCUT2D eigenvalue weighted by atomic mass is 35.5. The van der Waals surface area contributed by atoms with Crippen LogP contribution in [-0.4, -0.2) is 63.2 Å². The quantitative estimate of drug-likeness (QED) is 0.756. The van der Waals surface area contributed by atoms with Crippen LogP contribution in [0.1, 0.15) is 18.9 Å². The fourth-order valence-electron chi connectivity index (χ4n) is 2.85. The third kappa shape index (κ3) is 3.18. The SMILES string of the molecule is CCCSC1=[N+](Cc2ccccc2Cl)C2C(=O)N(C)C(=O)N(C)C2=N1. The van der Waals surface area contributed by atoms with E-state index in [9.17, 15) is 9.59 Å². The van der Waals surface area contributed by atoms with E-state index in [-0.39, 0.29) is 11.9 Å². The number of hydrogen-bond donors (Lipinski definition) is 0. The van der Waals surface area contributed by atoms with E-state index in [2.05, 4.69) is 11.9 Å². The summed E-state index contributed by atoms with van der Waals surface area (Å²) in [7, 11) is 3.15. The molecule has 0 N–H and O–H groups in total. The monoisotopic (exact) mass is 379 g/mol. The van der Waals surface area contributed by atoms with Gasteiger partial charge in [0.05, 0.1) is 0 Å². The van der Waals surface area contributed by atoms with Crippen molar-refractivity contribution in [3.8, 4) is 0 Å². The lowest BCUT2D eigenvalue weighted by Gasteiger charge is -2.30. The molecule has 132 valence electrons. The van der Waals surface area contributed by atoms with Crippen molar-refractivity contribution in [3.63, 3.8) is 0 Å². The minimum Gasteiger partial charge on any atom is -0.269 e. The van der Waals surface area contributed by atoms with Crippen molar-refractivity contribution in [2.45, 2.75) is 25.9 Å². The number of carbonyl (C=O) groups excluding carboxylic acids is 2. The van der Waals surface area contributed by atoms with Crippen LogP contribution in [0, 0.1) is 0 Å². The lowest BCUT2D eigenvalue weighted by atomic mass is 10.1. The Balaban J connectivity index is 2.01. The molecule has 0 aromatic heterocycles. The molecule has 1 atom stereocenters. The standard InChI is InChI=1S/C17H20ClN4O2S/c1-4-9-25-16-19-14-13(15(23)21(3)17(24)20(14)2)22(16)10-11-7-5-6-8-12(11)18/h5-8,13H,4,9-10H2,1-3H3/q+1.